The Morgan fingerprint density at radius 1 is 1.67 bits per heavy atom. The molecule has 0 spiro atoms. The molecule has 0 atom stereocenters. The number of thioether (sulfide) groups is 1. The predicted molar refractivity (Wildman–Crippen MR) is 52.2 cm³/mol. The molecule has 2 heterocycles. The van der Waals surface area contributed by atoms with Gasteiger partial charge in [-0.05, 0) is 19.1 Å². The standard InChI is InChI=1S/C8H13N3S/c1-2-11-7-5-12-4-3-6(7)8(9)10-11/h2-5H2,1H3,(H2,9,10). The monoisotopic (exact) mass is 183 g/mol. The van der Waals surface area contributed by atoms with Gasteiger partial charge in [0.15, 0.2) is 0 Å². The van der Waals surface area contributed by atoms with Crippen LogP contribution in [0.4, 0.5) is 5.82 Å². The molecule has 1 aliphatic heterocycles. The molecule has 2 N–H and O–H groups in total. The van der Waals surface area contributed by atoms with E-state index >= 15 is 0 Å². The highest BCUT2D eigenvalue weighted by molar-refractivity contribution is 7.98. The number of fused-ring (bicyclic) bond motifs is 1. The Kier molecular flexibility index (Phi) is 2.00. The number of anilines is 1. The van der Waals surface area contributed by atoms with Crippen LogP contribution < -0.4 is 5.73 Å². The van der Waals surface area contributed by atoms with E-state index < -0.39 is 0 Å². The first kappa shape index (κ1) is 7.98. The van der Waals surface area contributed by atoms with Crippen molar-refractivity contribution in [2.24, 2.45) is 0 Å². The molecule has 0 bridgehead atoms. The first-order valence-electron chi connectivity index (χ1n) is 4.24. The van der Waals surface area contributed by atoms with Crippen molar-refractivity contribution in [3.05, 3.63) is 11.3 Å². The number of rotatable bonds is 1. The topological polar surface area (TPSA) is 43.8 Å². The summed E-state index contributed by atoms with van der Waals surface area (Å²) in [4.78, 5) is 0. The summed E-state index contributed by atoms with van der Waals surface area (Å²) in [5.74, 6) is 3.01. The second-order valence-electron chi connectivity index (χ2n) is 2.93. The Morgan fingerprint density at radius 3 is 3.25 bits per heavy atom. The molecule has 3 nitrogen and oxygen atoms in total. The van der Waals surface area contributed by atoms with Gasteiger partial charge < -0.3 is 5.73 Å². The van der Waals surface area contributed by atoms with Crippen LogP contribution in [0.2, 0.25) is 0 Å². The van der Waals surface area contributed by atoms with Gasteiger partial charge >= 0.3 is 0 Å². The maximum absolute atomic E-state index is 5.80. The van der Waals surface area contributed by atoms with E-state index in [1.54, 1.807) is 0 Å². The van der Waals surface area contributed by atoms with Crippen LogP contribution in [-0.4, -0.2) is 15.5 Å². The van der Waals surface area contributed by atoms with Gasteiger partial charge in [0.25, 0.3) is 0 Å². The number of nitrogens with two attached hydrogens (primary N) is 1. The average molecular weight is 183 g/mol. The van der Waals surface area contributed by atoms with Crippen molar-refractivity contribution in [3.8, 4) is 0 Å². The Bertz CT molecular complexity index is 293. The van der Waals surface area contributed by atoms with Crippen molar-refractivity contribution in [2.45, 2.75) is 25.6 Å². The number of aromatic nitrogens is 2. The van der Waals surface area contributed by atoms with Gasteiger partial charge in [-0.1, -0.05) is 0 Å². The number of hydrogen-bond donors (Lipinski definition) is 1. The second-order valence-corrected chi connectivity index (χ2v) is 4.03. The molecular weight excluding hydrogens is 170 g/mol. The summed E-state index contributed by atoms with van der Waals surface area (Å²) in [6.07, 6.45) is 1.09. The highest BCUT2D eigenvalue weighted by Crippen LogP contribution is 2.28. The van der Waals surface area contributed by atoms with E-state index in [4.69, 9.17) is 5.73 Å². The fourth-order valence-electron chi connectivity index (χ4n) is 1.59. The Morgan fingerprint density at radius 2 is 2.50 bits per heavy atom. The summed E-state index contributed by atoms with van der Waals surface area (Å²) in [6.45, 7) is 3.03. The van der Waals surface area contributed by atoms with Gasteiger partial charge in [-0.3, -0.25) is 4.68 Å². The average Bonchev–Trinajstić information content (AvgIpc) is 2.44. The fraction of sp³-hybridized carbons (Fsp3) is 0.625. The predicted octanol–water partition coefficient (Wildman–Crippen LogP) is 1.27. The van der Waals surface area contributed by atoms with E-state index in [0.717, 1.165) is 24.5 Å². The summed E-state index contributed by atoms with van der Waals surface area (Å²) in [6, 6.07) is 0. The zero-order valence-corrected chi connectivity index (χ0v) is 8.02. The van der Waals surface area contributed by atoms with Crippen LogP contribution in [0, 0.1) is 0 Å². The smallest absolute Gasteiger partial charge is 0.148 e. The van der Waals surface area contributed by atoms with Gasteiger partial charge in [0.05, 0.1) is 5.69 Å². The Hall–Kier alpha value is -0.640. The lowest BCUT2D eigenvalue weighted by molar-refractivity contribution is 0.637. The lowest BCUT2D eigenvalue weighted by Crippen LogP contribution is -2.07. The summed E-state index contributed by atoms with van der Waals surface area (Å²) < 4.78 is 2.02. The quantitative estimate of drug-likeness (QED) is 0.713. The summed E-state index contributed by atoms with van der Waals surface area (Å²) in [5.41, 5.74) is 8.42. The van der Waals surface area contributed by atoms with Crippen molar-refractivity contribution in [2.75, 3.05) is 11.5 Å². The molecule has 0 radical (unpaired) electrons. The molecule has 12 heavy (non-hydrogen) atoms. The van der Waals surface area contributed by atoms with Crippen LogP contribution in [0.15, 0.2) is 0 Å². The third-order valence-corrected chi connectivity index (χ3v) is 3.20. The van der Waals surface area contributed by atoms with Crippen LogP contribution in [0.1, 0.15) is 18.2 Å². The highest BCUT2D eigenvalue weighted by atomic mass is 32.2. The van der Waals surface area contributed by atoms with E-state index in [-0.39, 0.29) is 0 Å². The van der Waals surface area contributed by atoms with E-state index in [1.807, 2.05) is 16.4 Å². The number of nitrogen functional groups attached to an aromatic ring is 1. The van der Waals surface area contributed by atoms with Gasteiger partial charge in [-0.2, -0.15) is 16.9 Å². The molecule has 0 amide bonds. The second kappa shape index (κ2) is 3.01. The molecule has 0 saturated carbocycles. The van der Waals surface area contributed by atoms with E-state index in [0.29, 0.717) is 0 Å². The van der Waals surface area contributed by atoms with Crippen LogP contribution in [0.25, 0.3) is 0 Å². The van der Waals surface area contributed by atoms with Gasteiger partial charge in [0.1, 0.15) is 5.82 Å². The van der Waals surface area contributed by atoms with Crippen LogP contribution in [0.3, 0.4) is 0 Å². The largest absolute Gasteiger partial charge is 0.382 e. The minimum atomic E-state index is 0.743. The molecule has 4 heteroatoms. The summed E-state index contributed by atoms with van der Waals surface area (Å²) in [7, 11) is 0. The Labute approximate surface area is 76.3 Å². The molecule has 1 aliphatic rings. The summed E-state index contributed by atoms with van der Waals surface area (Å²) >= 11 is 1.96. The molecule has 1 aromatic rings. The van der Waals surface area contributed by atoms with Crippen LogP contribution >= 0.6 is 11.8 Å². The van der Waals surface area contributed by atoms with E-state index in [9.17, 15) is 0 Å². The van der Waals surface area contributed by atoms with Crippen molar-refractivity contribution >= 4 is 17.6 Å². The molecule has 0 unspecified atom stereocenters. The maximum atomic E-state index is 5.80. The van der Waals surface area contributed by atoms with Crippen LogP contribution in [-0.2, 0) is 18.7 Å². The first-order valence-corrected chi connectivity index (χ1v) is 5.40. The lowest BCUT2D eigenvalue weighted by Gasteiger charge is -2.12. The normalized spacial score (nSPS) is 16.1. The van der Waals surface area contributed by atoms with Gasteiger partial charge in [0.2, 0.25) is 0 Å². The number of nitrogens with zero attached hydrogens (tertiary/aromatic N) is 2. The molecule has 0 aliphatic carbocycles. The Balaban J connectivity index is 2.47. The SMILES string of the molecule is CCn1nc(N)c2c1CSCC2. The molecular formula is C8H13N3S. The van der Waals surface area contributed by atoms with Crippen LogP contribution in [0.5, 0.6) is 0 Å². The fourth-order valence-corrected chi connectivity index (χ4v) is 2.60. The van der Waals surface area contributed by atoms with Gasteiger partial charge in [-0.15, -0.1) is 0 Å². The van der Waals surface area contributed by atoms with Gasteiger partial charge in [0, 0.05) is 17.9 Å². The van der Waals surface area contributed by atoms with Crippen molar-refractivity contribution < 1.29 is 0 Å². The number of hydrogen-bond acceptors (Lipinski definition) is 3. The zero-order valence-electron chi connectivity index (χ0n) is 7.21. The van der Waals surface area contributed by atoms with Crippen molar-refractivity contribution in [1.82, 2.24) is 9.78 Å². The highest BCUT2D eigenvalue weighted by Gasteiger charge is 2.18. The zero-order chi connectivity index (χ0) is 8.55. The third-order valence-electron chi connectivity index (χ3n) is 2.23. The molecule has 66 valence electrons. The lowest BCUT2D eigenvalue weighted by atomic mass is 10.2. The minimum Gasteiger partial charge on any atom is -0.382 e. The third kappa shape index (κ3) is 1.10. The minimum absolute atomic E-state index is 0.743. The molecule has 0 fully saturated rings. The maximum Gasteiger partial charge on any atom is 0.148 e. The van der Waals surface area contributed by atoms with Gasteiger partial charge in [-0.25, -0.2) is 0 Å². The van der Waals surface area contributed by atoms with Crippen molar-refractivity contribution in [1.29, 1.82) is 0 Å². The molecule has 1 aromatic heterocycles. The molecule has 0 aromatic carbocycles. The first-order chi connectivity index (χ1) is 5.83. The molecule has 2 rings (SSSR count). The summed E-state index contributed by atoms with van der Waals surface area (Å²) in [5, 5.41) is 4.29. The van der Waals surface area contributed by atoms with E-state index in [1.165, 1.54) is 17.0 Å². The van der Waals surface area contributed by atoms with Crippen molar-refractivity contribution in [3.63, 3.8) is 0 Å². The van der Waals surface area contributed by atoms with E-state index in [2.05, 4.69) is 12.0 Å². The molecule has 0 saturated heterocycles. The number of aryl methyl sites for hydroxylation is 1.